The van der Waals surface area contributed by atoms with Crippen LogP contribution in [-0.4, -0.2) is 12.2 Å². The van der Waals surface area contributed by atoms with Crippen molar-refractivity contribution < 1.29 is 9.59 Å². The van der Waals surface area contributed by atoms with Crippen molar-refractivity contribution in [3.8, 4) is 0 Å². The van der Waals surface area contributed by atoms with Crippen molar-refractivity contribution in [2.75, 3.05) is 0 Å². The average molecular weight is 216 g/mol. The zero-order valence-electron chi connectivity index (χ0n) is 8.59. The first-order chi connectivity index (χ1) is 7.77. The summed E-state index contributed by atoms with van der Waals surface area (Å²) >= 11 is 0. The molecule has 0 heterocycles. The van der Waals surface area contributed by atoms with Crippen LogP contribution in [0.4, 0.5) is 0 Å². The van der Waals surface area contributed by atoms with Crippen molar-refractivity contribution in [3.05, 3.63) is 59.9 Å². The minimum atomic E-state index is -0.329. The van der Waals surface area contributed by atoms with Gasteiger partial charge in [-0.2, -0.15) is 0 Å². The highest BCUT2D eigenvalue weighted by molar-refractivity contribution is 5.98. The SMILES string of the molecule is N/C=C/C=C(\C=O)NC(=O)c1ccccc1. The second-order valence-electron chi connectivity index (χ2n) is 2.94. The maximum atomic E-state index is 11.6. The third-order valence-electron chi connectivity index (χ3n) is 1.81. The lowest BCUT2D eigenvalue weighted by atomic mass is 10.2. The van der Waals surface area contributed by atoms with E-state index in [0.29, 0.717) is 11.8 Å². The van der Waals surface area contributed by atoms with Crippen LogP contribution in [0.3, 0.4) is 0 Å². The van der Waals surface area contributed by atoms with E-state index < -0.39 is 0 Å². The predicted octanol–water partition coefficient (Wildman–Crippen LogP) is 0.972. The number of nitrogens with one attached hydrogen (secondary N) is 1. The molecule has 0 aliphatic rings. The molecule has 1 aromatic rings. The van der Waals surface area contributed by atoms with Crippen molar-refractivity contribution in [2.24, 2.45) is 5.73 Å². The molecular formula is C12H12N2O2. The first kappa shape index (κ1) is 11.7. The van der Waals surface area contributed by atoms with Gasteiger partial charge in [0.25, 0.3) is 5.91 Å². The molecule has 1 rings (SSSR count). The van der Waals surface area contributed by atoms with Gasteiger partial charge < -0.3 is 11.1 Å². The molecule has 0 spiro atoms. The third-order valence-corrected chi connectivity index (χ3v) is 1.81. The normalized spacial score (nSPS) is 11.4. The van der Waals surface area contributed by atoms with Crippen molar-refractivity contribution in [1.82, 2.24) is 5.32 Å². The fraction of sp³-hybridized carbons (Fsp3) is 0. The molecule has 0 aromatic heterocycles. The quantitative estimate of drug-likeness (QED) is 0.447. The van der Waals surface area contributed by atoms with Crippen molar-refractivity contribution >= 4 is 12.2 Å². The minimum absolute atomic E-state index is 0.163. The summed E-state index contributed by atoms with van der Waals surface area (Å²) in [6, 6.07) is 8.63. The van der Waals surface area contributed by atoms with Crippen LogP contribution in [0, 0.1) is 0 Å². The molecule has 0 saturated carbocycles. The zero-order valence-corrected chi connectivity index (χ0v) is 8.59. The van der Waals surface area contributed by atoms with E-state index in [4.69, 9.17) is 5.73 Å². The zero-order chi connectivity index (χ0) is 11.8. The summed E-state index contributed by atoms with van der Waals surface area (Å²) in [5.74, 6) is -0.329. The van der Waals surface area contributed by atoms with Gasteiger partial charge >= 0.3 is 0 Å². The topological polar surface area (TPSA) is 72.2 Å². The number of hydrogen-bond donors (Lipinski definition) is 2. The second kappa shape index (κ2) is 6.19. The van der Waals surface area contributed by atoms with Gasteiger partial charge in [0, 0.05) is 5.56 Å². The van der Waals surface area contributed by atoms with Gasteiger partial charge in [0.15, 0.2) is 6.29 Å². The number of hydrogen-bond acceptors (Lipinski definition) is 3. The van der Waals surface area contributed by atoms with Crippen LogP contribution in [-0.2, 0) is 4.79 Å². The smallest absolute Gasteiger partial charge is 0.255 e. The van der Waals surface area contributed by atoms with Crippen LogP contribution in [0.1, 0.15) is 10.4 Å². The van der Waals surface area contributed by atoms with Crippen LogP contribution >= 0.6 is 0 Å². The molecule has 0 radical (unpaired) electrons. The maximum absolute atomic E-state index is 11.6. The Labute approximate surface area is 93.5 Å². The Bertz CT molecular complexity index is 422. The minimum Gasteiger partial charge on any atom is -0.405 e. The van der Waals surface area contributed by atoms with Crippen LogP contribution in [0.25, 0.3) is 0 Å². The number of nitrogens with two attached hydrogens (primary N) is 1. The Kier molecular flexibility index (Phi) is 4.53. The monoisotopic (exact) mass is 216 g/mol. The summed E-state index contributed by atoms with van der Waals surface area (Å²) in [6.45, 7) is 0. The average Bonchev–Trinajstić information content (AvgIpc) is 2.35. The Morgan fingerprint density at radius 3 is 2.50 bits per heavy atom. The van der Waals surface area contributed by atoms with Gasteiger partial charge in [-0.05, 0) is 30.5 Å². The number of benzene rings is 1. The molecule has 0 bridgehead atoms. The Hall–Kier alpha value is -2.36. The number of rotatable bonds is 4. The van der Waals surface area contributed by atoms with E-state index in [-0.39, 0.29) is 11.6 Å². The van der Waals surface area contributed by atoms with Crippen molar-refractivity contribution in [2.45, 2.75) is 0 Å². The highest BCUT2D eigenvalue weighted by atomic mass is 16.2. The molecule has 0 aliphatic carbocycles. The molecule has 0 fully saturated rings. The molecule has 1 aromatic carbocycles. The molecule has 0 atom stereocenters. The number of carbonyl (C=O) groups is 2. The maximum Gasteiger partial charge on any atom is 0.255 e. The first-order valence-electron chi connectivity index (χ1n) is 4.68. The summed E-state index contributed by atoms with van der Waals surface area (Å²) in [7, 11) is 0. The number of aldehydes is 1. The fourth-order valence-electron chi connectivity index (χ4n) is 1.06. The van der Waals surface area contributed by atoms with Gasteiger partial charge in [-0.1, -0.05) is 18.2 Å². The van der Waals surface area contributed by atoms with Gasteiger partial charge in [0.1, 0.15) is 0 Å². The van der Waals surface area contributed by atoms with Crippen LogP contribution < -0.4 is 11.1 Å². The summed E-state index contributed by atoms with van der Waals surface area (Å²) in [4.78, 5) is 22.2. The molecule has 3 N–H and O–H groups in total. The van der Waals surface area contributed by atoms with E-state index in [1.807, 2.05) is 6.07 Å². The third kappa shape index (κ3) is 3.42. The summed E-state index contributed by atoms with van der Waals surface area (Å²) in [6.07, 6.45) is 4.72. The van der Waals surface area contributed by atoms with Crippen molar-refractivity contribution in [3.63, 3.8) is 0 Å². The summed E-state index contributed by atoms with van der Waals surface area (Å²) < 4.78 is 0. The highest BCUT2D eigenvalue weighted by Crippen LogP contribution is 1.99. The highest BCUT2D eigenvalue weighted by Gasteiger charge is 2.05. The standard InChI is InChI=1S/C12H12N2O2/c13-8-4-7-11(9-15)14-12(16)10-5-2-1-3-6-10/h1-9H,13H2,(H,14,16)/b8-4+,11-7+. The van der Waals surface area contributed by atoms with E-state index in [0.717, 1.165) is 0 Å². The van der Waals surface area contributed by atoms with Crippen LogP contribution in [0.2, 0.25) is 0 Å². The largest absolute Gasteiger partial charge is 0.405 e. The molecule has 4 nitrogen and oxygen atoms in total. The number of carbonyl (C=O) groups excluding carboxylic acids is 2. The Morgan fingerprint density at radius 2 is 1.94 bits per heavy atom. The first-order valence-corrected chi connectivity index (χ1v) is 4.68. The fourth-order valence-corrected chi connectivity index (χ4v) is 1.06. The molecule has 1 amide bonds. The van der Waals surface area contributed by atoms with Crippen LogP contribution in [0.15, 0.2) is 54.4 Å². The Morgan fingerprint density at radius 1 is 1.25 bits per heavy atom. The van der Waals surface area contributed by atoms with Gasteiger partial charge in [-0.25, -0.2) is 0 Å². The number of amides is 1. The lowest BCUT2D eigenvalue weighted by molar-refractivity contribution is -0.105. The molecular weight excluding hydrogens is 204 g/mol. The molecule has 0 saturated heterocycles. The summed E-state index contributed by atoms with van der Waals surface area (Å²) in [5, 5.41) is 2.47. The second-order valence-corrected chi connectivity index (χ2v) is 2.94. The molecule has 0 aliphatic heterocycles. The Balaban J connectivity index is 2.74. The van der Waals surface area contributed by atoms with Gasteiger partial charge in [-0.3, -0.25) is 9.59 Å². The van der Waals surface area contributed by atoms with E-state index in [1.54, 1.807) is 24.3 Å². The van der Waals surface area contributed by atoms with Crippen LogP contribution in [0.5, 0.6) is 0 Å². The van der Waals surface area contributed by atoms with Gasteiger partial charge in [0.2, 0.25) is 0 Å². The molecule has 4 heteroatoms. The van der Waals surface area contributed by atoms with Gasteiger partial charge in [0.05, 0.1) is 5.70 Å². The lowest BCUT2D eigenvalue weighted by Crippen LogP contribution is -2.23. The van der Waals surface area contributed by atoms with E-state index in [2.05, 4.69) is 5.32 Å². The van der Waals surface area contributed by atoms with E-state index in [9.17, 15) is 9.59 Å². The molecule has 16 heavy (non-hydrogen) atoms. The lowest BCUT2D eigenvalue weighted by Gasteiger charge is -2.02. The van der Waals surface area contributed by atoms with Crippen molar-refractivity contribution in [1.29, 1.82) is 0 Å². The molecule has 82 valence electrons. The summed E-state index contributed by atoms with van der Waals surface area (Å²) in [5.41, 5.74) is 5.77. The number of allylic oxidation sites excluding steroid dienone is 3. The van der Waals surface area contributed by atoms with E-state index in [1.165, 1.54) is 18.4 Å². The van der Waals surface area contributed by atoms with E-state index >= 15 is 0 Å². The molecule has 0 unspecified atom stereocenters. The van der Waals surface area contributed by atoms with Gasteiger partial charge in [-0.15, -0.1) is 0 Å². The predicted molar refractivity (Wildman–Crippen MR) is 61.4 cm³/mol.